The number of hydrogen-bond donors (Lipinski definition) is 3. The van der Waals surface area contributed by atoms with E-state index in [2.05, 4.69) is 4.98 Å². The molecular weight excluding hydrogens is 375 g/mol. The first-order valence-electron chi connectivity index (χ1n) is 8.60. The van der Waals surface area contributed by atoms with Gasteiger partial charge >= 0.3 is 6.43 Å². The minimum atomic E-state index is -3.28. The number of nitrogens with zero attached hydrogens (tertiary/aromatic N) is 1. The molecule has 3 rings (SSSR count). The number of nitrogens with one attached hydrogen (secondary N) is 1. The summed E-state index contributed by atoms with van der Waals surface area (Å²) < 4.78 is 42.9. The summed E-state index contributed by atoms with van der Waals surface area (Å²) in [6, 6.07) is 8.66. The number of aliphatic hydroxyl groups is 1. The maximum absolute atomic E-state index is 13.1. The number of amides is 1. The van der Waals surface area contributed by atoms with Crippen LogP contribution in [0.3, 0.4) is 0 Å². The molecule has 0 radical (unpaired) electrons. The van der Waals surface area contributed by atoms with E-state index in [-0.39, 0.29) is 5.56 Å². The van der Waals surface area contributed by atoms with E-state index in [0.717, 1.165) is 16.8 Å². The Hall–Kier alpha value is -2.49. The van der Waals surface area contributed by atoms with Gasteiger partial charge in [-0.25, -0.2) is 4.39 Å². The Morgan fingerprint density at radius 2 is 1.86 bits per heavy atom. The second kappa shape index (κ2) is 8.26. The molecule has 4 N–H and O–H groups in total. The van der Waals surface area contributed by atoms with E-state index in [0.29, 0.717) is 13.2 Å². The molecule has 2 aromatic rings. The van der Waals surface area contributed by atoms with Crippen molar-refractivity contribution in [3.63, 3.8) is 0 Å². The number of nitrogens with two attached hydrogens (primary N) is 1. The fraction of sp³-hybridized carbons (Fsp3) is 0.368. The summed E-state index contributed by atoms with van der Waals surface area (Å²) in [6.07, 6.45) is -3.07. The molecule has 2 heterocycles. The zero-order valence-electron chi connectivity index (χ0n) is 14.8. The summed E-state index contributed by atoms with van der Waals surface area (Å²) in [5.74, 6) is -1.63. The van der Waals surface area contributed by atoms with Crippen molar-refractivity contribution in [1.82, 2.24) is 10.3 Å². The van der Waals surface area contributed by atoms with Gasteiger partial charge in [-0.3, -0.25) is 9.78 Å². The molecule has 0 bridgehead atoms. The number of carbonyl (C=O) groups is 1. The summed E-state index contributed by atoms with van der Waals surface area (Å²) in [7, 11) is 0. The van der Waals surface area contributed by atoms with Crippen LogP contribution in [0.15, 0.2) is 42.6 Å². The summed E-state index contributed by atoms with van der Waals surface area (Å²) in [5.41, 5.74) is 8.20. The van der Waals surface area contributed by atoms with Crippen LogP contribution in [0.4, 0.5) is 13.2 Å². The molecule has 1 amide bonds. The normalized spacial score (nSPS) is 17.6. The van der Waals surface area contributed by atoms with Gasteiger partial charge in [0.2, 0.25) is 0 Å². The van der Waals surface area contributed by atoms with Crippen molar-refractivity contribution in [2.75, 3.05) is 19.9 Å². The number of rotatable bonds is 7. The van der Waals surface area contributed by atoms with Crippen molar-refractivity contribution in [3.05, 3.63) is 53.9 Å². The number of halogens is 3. The molecule has 2 unspecified atom stereocenters. The van der Waals surface area contributed by atoms with E-state index in [1.54, 1.807) is 23.6 Å². The molecule has 1 aromatic carbocycles. The Morgan fingerprint density at radius 1 is 1.21 bits per heavy atom. The number of benzene rings is 1. The van der Waals surface area contributed by atoms with E-state index in [1.807, 2.05) is 12.1 Å². The Balaban J connectivity index is 1.71. The van der Waals surface area contributed by atoms with E-state index in [4.69, 9.17) is 10.5 Å². The molecule has 0 saturated carbocycles. The van der Waals surface area contributed by atoms with Crippen molar-refractivity contribution in [3.8, 4) is 11.1 Å². The maximum atomic E-state index is 13.1. The molecule has 150 valence electrons. The highest BCUT2D eigenvalue weighted by Gasteiger charge is 2.37. The first-order chi connectivity index (χ1) is 13.3. The van der Waals surface area contributed by atoms with Crippen LogP contribution in [0, 0.1) is 0 Å². The first-order valence-corrected chi connectivity index (χ1v) is 8.60. The lowest BCUT2D eigenvalue weighted by Gasteiger charge is -2.37. The molecule has 1 aliphatic rings. The van der Waals surface area contributed by atoms with Crippen LogP contribution in [-0.4, -0.2) is 48.4 Å². The molecule has 1 saturated heterocycles. The highest BCUT2D eigenvalue weighted by molar-refractivity contribution is 5.79. The highest BCUT2D eigenvalue weighted by Crippen LogP contribution is 2.28. The van der Waals surface area contributed by atoms with Gasteiger partial charge in [-0.15, -0.1) is 0 Å². The fourth-order valence-corrected chi connectivity index (χ4v) is 2.88. The van der Waals surface area contributed by atoms with Crippen molar-refractivity contribution < 1.29 is 27.8 Å². The lowest BCUT2D eigenvalue weighted by molar-refractivity contribution is -0.133. The predicted octanol–water partition coefficient (Wildman–Crippen LogP) is 1.69. The SMILES string of the molecule is NC1(c2ccc(-c3ccc(C(O)C(CF)NC(=O)C(F)F)cc3)cn2)COC1. The van der Waals surface area contributed by atoms with Gasteiger partial charge in [-0.05, 0) is 17.2 Å². The monoisotopic (exact) mass is 395 g/mol. The summed E-state index contributed by atoms with van der Waals surface area (Å²) in [4.78, 5) is 15.4. The minimum absolute atomic E-state index is 0.290. The second-order valence-electron chi connectivity index (χ2n) is 6.72. The van der Waals surface area contributed by atoms with Crippen molar-refractivity contribution in [2.45, 2.75) is 24.1 Å². The molecule has 1 aromatic heterocycles. The van der Waals surface area contributed by atoms with Gasteiger partial charge in [0.1, 0.15) is 18.3 Å². The zero-order chi connectivity index (χ0) is 20.3. The van der Waals surface area contributed by atoms with Crippen LogP contribution in [0.1, 0.15) is 17.4 Å². The van der Waals surface area contributed by atoms with Crippen molar-refractivity contribution in [1.29, 1.82) is 0 Å². The number of aromatic nitrogens is 1. The van der Waals surface area contributed by atoms with Crippen LogP contribution in [0.2, 0.25) is 0 Å². The number of alkyl halides is 3. The first kappa shape index (κ1) is 20.2. The van der Waals surface area contributed by atoms with Gasteiger partial charge in [0.15, 0.2) is 0 Å². The van der Waals surface area contributed by atoms with Gasteiger partial charge in [-0.1, -0.05) is 30.3 Å². The van der Waals surface area contributed by atoms with Gasteiger partial charge in [-0.2, -0.15) is 8.78 Å². The molecule has 0 aliphatic carbocycles. The third-order valence-corrected chi connectivity index (χ3v) is 4.65. The molecule has 1 fully saturated rings. The standard InChI is InChI=1S/C19H20F3N3O3/c20-7-14(25-18(27)17(21)22)16(26)12-3-1-11(2-4-12)13-5-6-15(24-8-13)19(23)9-28-10-19/h1-6,8,14,16-17,26H,7,9-10,23H2,(H,25,27). The van der Waals surface area contributed by atoms with Gasteiger partial charge in [0.05, 0.1) is 24.9 Å². The Kier molecular flexibility index (Phi) is 5.97. The van der Waals surface area contributed by atoms with Gasteiger partial charge < -0.3 is 20.9 Å². The smallest absolute Gasteiger partial charge is 0.315 e. The highest BCUT2D eigenvalue weighted by atomic mass is 19.3. The molecule has 2 atom stereocenters. The zero-order valence-corrected chi connectivity index (χ0v) is 14.8. The average Bonchev–Trinajstić information content (AvgIpc) is 2.69. The summed E-state index contributed by atoms with van der Waals surface area (Å²) in [6.45, 7) is -0.342. The maximum Gasteiger partial charge on any atom is 0.315 e. The van der Waals surface area contributed by atoms with E-state index in [1.165, 1.54) is 12.1 Å². The predicted molar refractivity (Wildman–Crippen MR) is 95.2 cm³/mol. The van der Waals surface area contributed by atoms with Crippen LogP contribution in [0.5, 0.6) is 0 Å². The average molecular weight is 395 g/mol. The Morgan fingerprint density at radius 3 is 2.32 bits per heavy atom. The fourth-order valence-electron chi connectivity index (χ4n) is 2.88. The quantitative estimate of drug-likeness (QED) is 0.663. The molecule has 9 heteroatoms. The number of pyridine rings is 1. The largest absolute Gasteiger partial charge is 0.386 e. The number of ether oxygens (including phenoxy) is 1. The molecule has 28 heavy (non-hydrogen) atoms. The molecular formula is C19H20F3N3O3. The third kappa shape index (κ3) is 4.16. The Labute approximate surface area is 159 Å². The van der Waals surface area contributed by atoms with E-state index < -0.39 is 36.7 Å². The van der Waals surface area contributed by atoms with Crippen LogP contribution in [0.25, 0.3) is 11.1 Å². The van der Waals surface area contributed by atoms with Crippen LogP contribution in [-0.2, 0) is 15.1 Å². The van der Waals surface area contributed by atoms with Gasteiger partial charge in [0.25, 0.3) is 5.91 Å². The lowest BCUT2D eigenvalue weighted by atomic mass is 9.93. The van der Waals surface area contributed by atoms with E-state index in [9.17, 15) is 23.1 Å². The molecule has 1 aliphatic heterocycles. The van der Waals surface area contributed by atoms with Crippen molar-refractivity contribution in [2.24, 2.45) is 5.73 Å². The van der Waals surface area contributed by atoms with Crippen LogP contribution < -0.4 is 11.1 Å². The summed E-state index contributed by atoms with van der Waals surface area (Å²) >= 11 is 0. The number of aliphatic hydroxyl groups excluding tert-OH is 1. The Bertz CT molecular complexity index is 811. The summed E-state index contributed by atoms with van der Waals surface area (Å²) in [5, 5.41) is 12.0. The van der Waals surface area contributed by atoms with Crippen LogP contribution >= 0.6 is 0 Å². The van der Waals surface area contributed by atoms with E-state index >= 15 is 0 Å². The molecule has 0 spiro atoms. The minimum Gasteiger partial charge on any atom is -0.386 e. The lowest BCUT2D eigenvalue weighted by Crippen LogP contribution is -2.54. The topological polar surface area (TPSA) is 97.5 Å². The van der Waals surface area contributed by atoms with Crippen molar-refractivity contribution >= 4 is 5.91 Å². The van der Waals surface area contributed by atoms with Gasteiger partial charge in [0, 0.05) is 11.8 Å². The second-order valence-corrected chi connectivity index (χ2v) is 6.72. The molecule has 6 nitrogen and oxygen atoms in total. The third-order valence-electron chi connectivity index (χ3n) is 4.65. The number of hydrogen-bond acceptors (Lipinski definition) is 5. The number of carbonyl (C=O) groups excluding carboxylic acids is 1.